The van der Waals surface area contributed by atoms with E-state index in [-0.39, 0.29) is 24.8 Å². The Hall–Kier alpha value is -2.77. The van der Waals surface area contributed by atoms with E-state index in [9.17, 15) is 26.3 Å². The first-order valence-corrected chi connectivity index (χ1v) is 21.1. The van der Waals surface area contributed by atoms with E-state index in [0.29, 0.717) is 8.45 Å². The first-order valence-electron chi connectivity index (χ1n) is 17.5. The molecule has 1 saturated heterocycles. The van der Waals surface area contributed by atoms with E-state index in [0.717, 1.165) is 54.7 Å². The average Bonchev–Trinajstić information content (AvgIpc) is 3.37. The Morgan fingerprint density at radius 1 is 0.549 bits per heavy atom. The van der Waals surface area contributed by atoms with Crippen molar-refractivity contribution in [2.75, 3.05) is 0 Å². The van der Waals surface area contributed by atoms with E-state index in [1.54, 1.807) is 24.3 Å². The molecule has 1 saturated carbocycles. The van der Waals surface area contributed by atoms with Gasteiger partial charge in [0, 0.05) is 0 Å². The van der Waals surface area contributed by atoms with Crippen molar-refractivity contribution in [3.05, 3.63) is 129 Å². The summed E-state index contributed by atoms with van der Waals surface area (Å²) in [4.78, 5) is 0. The van der Waals surface area contributed by atoms with Crippen LogP contribution < -0.4 is 24.8 Å². The van der Waals surface area contributed by atoms with Crippen molar-refractivity contribution >= 4 is 12.2 Å². The largest absolute Gasteiger partial charge is 1.00 e. The summed E-state index contributed by atoms with van der Waals surface area (Å²) in [6.45, 7) is 4.48. The van der Waals surface area contributed by atoms with Crippen LogP contribution in [-0.4, -0.2) is 0 Å². The molecule has 8 rings (SSSR count). The number of benzene rings is 4. The number of rotatable bonds is 6. The predicted octanol–water partition coefficient (Wildman–Crippen LogP) is 7.78. The van der Waals surface area contributed by atoms with Crippen LogP contribution in [0, 0.1) is 0 Å². The van der Waals surface area contributed by atoms with Crippen LogP contribution >= 0.6 is 0 Å². The van der Waals surface area contributed by atoms with Crippen LogP contribution in [-0.2, 0) is 28.9 Å². The Labute approximate surface area is 311 Å². The summed E-state index contributed by atoms with van der Waals surface area (Å²) in [6, 6.07) is 24.0. The Kier molecular flexibility index (Phi) is 10.3. The van der Waals surface area contributed by atoms with Crippen molar-refractivity contribution < 1.29 is 67.7 Å². The van der Waals surface area contributed by atoms with Gasteiger partial charge in [-0.1, -0.05) is 0 Å². The van der Waals surface area contributed by atoms with Gasteiger partial charge in [0.25, 0.3) is 0 Å². The van der Waals surface area contributed by atoms with Crippen molar-refractivity contribution in [3.63, 3.8) is 0 Å². The fourth-order valence-corrected chi connectivity index (χ4v) is 24.5. The van der Waals surface area contributed by atoms with Gasteiger partial charge in [0.2, 0.25) is 0 Å². The first kappa shape index (κ1) is 38.0. The zero-order valence-electron chi connectivity index (χ0n) is 28.3. The van der Waals surface area contributed by atoms with Crippen molar-refractivity contribution in [2.45, 2.75) is 81.6 Å². The Bertz CT molecular complexity index is 1850. The minimum Gasteiger partial charge on any atom is -1.00 e. The first-order chi connectivity index (χ1) is 23.5. The predicted molar refractivity (Wildman–Crippen MR) is 182 cm³/mol. The molecule has 2 fully saturated rings. The molecular weight excluding hydrogens is 737 g/mol. The number of alkyl halides is 6. The summed E-state index contributed by atoms with van der Waals surface area (Å²) >= 11 is -2.96. The maximum atomic E-state index is 13.4. The van der Waals surface area contributed by atoms with E-state index in [1.807, 2.05) is 12.1 Å². The summed E-state index contributed by atoms with van der Waals surface area (Å²) in [5.41, 5.74) is 10.3. The van der Waals surface area contributed by atoms with Gasteiger partial charge in [0.1, 0.15) is 0 Å². The minimum atomic E-state index is -4.38. The van der Waals surface area contributed by atoms with Gasteiger partial charge in [-0.3, -0.25) is 0 Å². The molecule has 0 N–H and O–H groups in total. The topological polar surface area (TPSA) is 0 Å². The molecule has 0 bridgehead atoms. The zero-order valence-corrected chi connectivity index (χ0v) is 31.4. The molecule has 0 nitrogen and oxygen atoms in total. The number of halogens is 8. The van der Waals surface area contributed by atoms with Gasteiger partial charge in [0.05, 0.1) is 0 Å². The van der Waals surface area contributed by atoms with Crippen molar-refractivity contribution in [1.82, 2.24) is 0 Å². The van der Waals surface area contributed by atoms with Crippen LogP contribution in [0.2, 0.25) is 8.45 Å². The van der Waals surface area contributed by atoms with Gasteiger partial charge in [-0.25, -0.2) is 0 Å². The Balaban J connectivity index is 0.00000224. The molecule has 266 valence electrons. The van der Waals surface area contributed by atoms with Gasteiger partial charge in [-0.05, 0) is 0 Å². The van der Waals surface area contributed by atoms with Crippen LogP contribution in [0.3, 0.4) is 0 Å². The van der Waals surface area contributed by atoms with Crippen molar-refractivity contribution in [1.29, 1.82) is 0 Å². The van der Waals surface area contributed by atoms with Gasteiger partial charge in [-0.2, -0.15) is 0 Å². The third kappa shape index (κ3) is 6.07. The third-order valence-corrected chi connectivity index (χ3v) is 22.9. The van der Waals surface area contributed by atoms with Crippen molar-refractivity contribution in [2.24, 2.45) is 0 Å². The SMILES string of the molecule is CCC1=Cc2c(-c3ccc(C(F)(F)F)cc3)cccc2[CH]1[Ti+2]1([CH]2C(CC)=Cc3c(-c4ccc(C(F)(F)F)cc4)cccc32)[CH]2CCCC[CH]21.[Cl-].[Cl-]. The van der Waals surface area contributed by atoms with Gasteiger partial charge in [-0.15, -0.1) is 0 Å². The molecule has 9 heteroatoms. The molecule has 4 aromatic rings. The summed E-state index contributed by atoms with van der Waals surface area (Å²) in [7, 11) is 0. The summed E-state index contributed by atoms with van der Waals surface area (Å²) in [5, 5.41) is 0. The standard InChI is InChI=1S/2C18H14F3.C6H10.2ClH.Ti/c2*1-2-12-10-14-4-3-5-16(17(14)11-12)13-6-8-15(9-7-13)18(19,20)21;1-2-4-6-5-3-1;;;/h2*3-11H,2H2,1H3;1-2H,3-6H2;2*1H;/q;;;;;+2/p-2. The average molecular weight is 776 g/mol. The summed E-state index contributed by atoms with van der Waals surface area (Å²) < 4.78 is 82.7. The van der Waals surface area contributed by atoms with Crippen LogP contribution in [0.4, 0.5) is 26.3 Å². The molecule has 4 aliphatic rings. The number of hydrogen-bond acceptors (Lipinski definition) is 0. The molecule has 1 aliphatic heterocycles. The third-order valence-electron chi connectivity index (χ3n) is 12.1. The number of allylic oxidation sites excluding steroid dienone is 2. The van der Waals surface area contributed by atoms with E-state index in [4.69, 9.17) is 0 Å². The zero-order chi connectivity index (χ0) is 34.3. The normalized spacial score (nSPS) is 23.5. The second-order valence-corrected chi connectivity index (χ2v) is 21.5. The van der Waals surface area contributed by atoms with Crippen molar-refractivity contribution in [3.8, 4) is 22.3 Å². The summed E-state index contributed by atoms with van der Waals surface area (Å²) in [5.74, 6) is 0. The van der Waals surface area contributed by atoms with E-state index in [2.05, 4.69) is 50.3 Å². The minimum absolute atomic E-state index is 0. The molecule has 4 aromatic carbocycles. The van der Waals surface area contributed by atoms with Crippen LogP contribution in [0.5, 0.6) is 0 Å². The smallest absolute Gasteiger partial charge is 1.00 e. The van der Waals surface area contributed by atoms with Crippen LogP contribution in [0.25, 0.3) is 34.4 Å². The molecule has 0 radical (unpaired) electrons. The summed E-state index contributed by atoms with van der Waals surface area (Å²) in [6.07, 6.45) is 2.84. The maximum absolute atomic E-state index is 13.4. The van der Waals surface area contributed by atoms with E-state index < -0.39 is 40.1 Å². The van der Waals surface area contributed by atoms with Crippen LogP contribution in [0.15, 0.2) is 96.1 Å². The maximum Gasteiger partial charge on any atom is -1.00 e. The van der Waals surface area contributed by atoms with Gasteiger partial charge in [0.15, 0.2) is 0 Å². The monoisotopic (exact) mass is 774 g/mol. The molecule has 4 unspecified atom stereocenters. The van der Waals surface area contributed by atoms with Crippen LogP contribution in [0.1, 0.15) is 94.2 Å². The molecule has 4 atom stereocenters. The van der Waals surface area contributed by atoms with E-state index >= 15 is 0 Å². The molecular formula is C42H38Cl2F6Ti. The molecule has 0 spiro atoms. The molecule has 0 aromatic heterocycles. The quantitative estimate of drug-likeness (QED) is 0.139. The molecule has 1 heterocycles. The van der Waals surface area contributed by atoms with E-state index in [1.165, 1.54) is 72.2 Å². The number of hydrogen-bond donors (Lipinski definition) is 0. The number of fused-ring (bicyclic) bond motifs is 3. The molecule has 0 amide bonds. The van der Waals surface area contributed by atoms with Gasteiger partial charge >= 0.3 is 288 Å². The van der Waals surface area contributed by atoms with Gasteiger partial charge < -0.3 is 24.8 Å². The Morgan fingerprint density at radius 2 is 0.922 bits per heavy atom. The fourth-order valence-electron chi connectivity index (χ4n) is 10.1. The second-order valence-electron chi connectivity index (χ2n) is 14.3. The fraction of sp³-hybridized carbons (Fsp3) is 0.333. The second kappa shape index (κ2) is 13.9. The Morgan fingerprint density at radius 3 is 1.25 bits per heavy atom. The molecule has 3 aliphatic carbocycles. The molecule has 51 heavy (non-hydrogen) atoms.